The third-order valence-corrected chi connectivity index (χ3v) is 4.07. The number of rotatable bonds is 3. The number of aliphatic hydroxyl groups is 1. The number of hydrogen-bond acceptors (Lipinski definition) is 4. The summed E-state index contributed by atoms with van der Waals surface area (Å²) in [6, 6.07) is 4.74. The molecule has 2 unspecified atom stereocenters. The lowest BCUT2D eigenvalue weighted by molar-refractivity contribution is 0.125. The maximum Gasteiger partial charge on any atom is 0.171 e. The van der Waals surface area contributed by atoms with Gasteiger partial charge in [-0.25, -0.2) is 4.98 Å². The monoisotopic (exact) mass is 262 g/mol. The average Bonchev–Trinajstić information content (AvgIpc) is 2.62. The molecular formula is C15H22N2O2. The van der Waals surface area contributed by atoms with Crippen molar-refractivity contribution in [3.63, 3.8) is 0 Å². The van der Waals surface area contributed by atoms with E-state index in [9.17, 15) is 5.11 Å². The van der Waals surface area contributed by atoms with Crippen LogP contribution in [0.15, 0.2) is 18.3 Å². The SMILES string of the molecule is CC(C)Oc1cccnc1N1C2CCC1CC(O)C2. The zero-order chi connectivity index (χ0) is 13.4. The third-order valence-electron chi connectivity index (χ3n) is 4.07. The Hall–Kier alpha value is -1.29. The number of ether oxygens (including phenoxy) is 1. The molecule has 1 aromatic heterocycles. The van der Waals surface area contributed by atoms with E-state index in [1.165, 1.54) is 0 Å². The van der Waals surface area contributed by atoms with Crippen molar-refractivity contribution in [3.05, 3.63) is 18.3 Å². The molecule has 0 spiro atoms. The Morgan fingerprint density at radius 3 is 2.63 bits per heavy atom. The molecule has 2 bridgehead atoms. The minimum atomic E-state index is -0.146. The fourth-order valence-corrected chi connectivity index (χ4v) is 3.42. The molecule has 1 N–H and O–H groups in total. The molecule has 1 aromatic rings. The van der Waals surface area contributed by atoms with Gasteiger partial charge in [-0.05, 0) is 51.7 Å². The summed E-state index contributed by atoms with van der Waals surface area (Å²) in [4.78, 5) is 6.92. The van der Waals surface area contributed by atoms with Crippen molar-refractivity contribution >= 4 is 5.82 Å². The first-order chi connectivity index (χ1) is 9.15. The second-order valence-corrected chi connectivity index (χ2v) is 5.91. The number of nitrogens with zero attached hydrogens (tertiary/aromatic N) is 2. The first-order valence-electron chi connectivity index (χ1n) is 7.23. The largest absolute Gasteiger partial charge is 0.487 e. The summed E-state index contributed by atoms with van der Waals surface area (Å²) in [5.41, 5.74) is 0. The number of aliphatic hydroxyl groups excluding tert-OH is 1. The molecule has 19 heavy (non-hydrogen) atoms. The van der Waals surface area contributed by atoms with Gasteiger partial charge in [0.1, 0.15) is 0 Å². The van der Waals surface area contributed by atoms with Gasteiger partial charge in [-0.2, -0.15) is 0 Å². The molecule has 4 nitrogen and oxygen atoms in total. The minimum absolute atomic E-state index is 0.146. The van der Waals surface area contributed by atoms with E-state index in [2.05, 4.69) is 9.88 Å². The Labute approximate surface area is 114 Å². The normalized spacial score (nSPS) is 29.9. The highest BCUT2D eigenvalue weighted by Crippen LogP contribution is 2.41. The van der Waals surface area contributed by atoms with Crippen molar-refractivity contribution in [2.75, 3.05) is 4.90 Å². The molecule has 0 saturated carbocycles. The highest BCUT2D eigenvalue weighted by atomic mass is 16.5. The average molecular weight is 262 g/mol. The van der Waals surface area contributed by atoms with Crippen LogP contribution in [0.25, 0.3) is 0 Å². The second kappa shape index (κ2) is 5.00. The second-order valence-electron chi connectivity index (χ2n) is 5.91. The van der Waals surface area contributed by atoms with Crippen molar-refractivity contribution in [1.29, 1.82) is 0 Å². The van der Waals surface area contributed by atoms with Crippen LogP contribution in [0.3, 0.4) is 0 Å². The summed E-state index contributed by atoms with van der Waals surface area (Å²) >= 11 is 0. The molecule has 104 valence electrons. The fraction of sp³-hybridized carbons (Fsp3) is 0.667. The molecule has 2 aliphatic rings. The summed E-state index contributed by atoms with van der Waals surface area (Å²) in [6.45, 7) is 4.07. The lowest BCUT2D eigenvalue weighted by Crippen LogP contribution is -2.45. The van der Waals surface area contributed by atoms with E-state index in [0.29, 0.717) is 12.1 Å². The lowest BCUT2D eigenvalue weighted by Gasteiger charge is -2.38. The zero-order valence-corrected chi connectivity index (χ0v) is 11.6. The lowest BCUT2D eigenvalue weighted by atomic mass is 10.00. The molecule has 3 heterocycles. The van der Waals surface area contributed by atoms with Crippen LogP contribution in [-0.2, 0) is 0 Å². The number of piperidine rings is 1. The predicted octanol–water partition coefficient (Wildman–Crippen LogP) is 2.36. The first-order valence-corrected chi connectivity index (χ1v) is 7.23. The Kier molecular flexibility index (Phi) is 3.35. The van der Waals surface area contributed by atoms with Gasteiger partial charge in [0.25, 0.3) is 0 Å². The molecule has 2 aliphatic heterocycles. The molecular weight excluding hydrogens is 240 g/mol. The van der Waals surface area contributed by atoms with Crippen LogP contribution >= 0.6 is 0 Å². The van der Waals surface area contributed by atoms with Gasteiger partial charge in [0.2, 0.25) is 0 Å². The van der Waals surface area contributed by atoms with E-state index in [1.807, 2.05) is 32.2 Å². The predicted molar refractivity (Wildman–Crippen MR) is 74.5 cm³/mol. The van der Waals surface area contributed by atoms with Crippen LogP contribution in [0.1, 0.15) is 39.5 Å². The molecule has 3 rings (SSSR count). The Morgan fingerprint density at radius 1 is 1.32 bits per heavy atom. The van der Waals surface area contributed by atoms with E-state index in [4.69, 9.17) is 4.74 Å². The standard InChI is InChI=1S/C15H22N2O2/c1-10(2)19-14-4-3-7-16-15(14)17-11-5-6-12(17)9-13(18)8-11/h3-4,7,10-13,18H,5-6,8-9H2,1-2H3. The zero-order valence-electron chi connectivity index (χ0n) is 11.6. The van der Waals surface area contributed by atoms with Crippen LogP contribution in [0, 0.1) is 0 Å². The van der Waals surface area contributed by atoms with Crippen LogP contribution < -0.4 is 9.64 Å². The number of pyridine rings is 1. The van der Waals surface area contributed by atoms with Crippen molar-refractivity contribution in [2.24, 2.45) is 0 Å². The Balaban J connectivity index is 1.90. The highest BCUT2D eigenvalue weighted by Gasteiger charge is 2.41. The van der Waals surface area contributed by atoms with Crippen LogP contribution in [0.2, 0.25) is 0 Å². The van der Waals surface area contributed by atoms with Gasteiger partial charge in [-0.1, -0.05) is 0 Å². The van der Waals surface area contributed by atoms with Gasteiger partial charge >= 0.3 is 0 Å². The fourth-order valence-electron chi connectivity index (χ4n) is 3.42. The number of anilines is 1. The smallest absolute Gasteiger partial charge is 0.171 e. The molecule has 0 aromatic carbocycles. The van der Waals surface area contributed by atoms with Gasteiger partial charge in [-0.15, -0.1) is 0 Å². The summed E-state index contributed by atoms with van der Waals surface area (Å²) in [7, 11) is 0. The van der Waals surface area contributed by atoms with Crippen molar-refractivity contribution in [2.45, 2.75) is 63.8 Å². The van der Waals surface area contributed by atoms with E-state index in [1.54, 1.807) is 0 Å². The van der Waals surface area contributed by atoms with E-state index in [0.717, 1.165) is 37.3 Å². The quantitative estimate of drug-likeness (QED) is 0.908. The van der Waals surface area contributed by atoms with Gasteiger partial charge < -0.3 is 14.7 Å². The maximum absolute atomic E-state index is 9.89. The minimum Gasteiger partial charge on any atom is -0.487 e. The van der Waals surface area contributed by atoms with Crippen molar-refractivity contribution in [3.8, 4) is 5.75 Å². The highest BCUT2D eigenvalue weighted by molar-refractivity contribution is 5.55. The van der Waals surface area contributed by atoms with Gasteiger partial charge in [0, 0.05) is 18.3 Å². The Morgan fingerprint density at radius 2 is 2.00 bits per heavy atom. The van der Waals surface area contributed by atoms with Crippen LogP contribution in [0.4, 0.5) is 5.82 Å². The summed E-state index contributed by atoms with van der Waals surface area (Å²) in [5, 5.41) is 9.89. The molecule has 0 aliphatic carbocycles. The molecule has 2 fully saturated rings. The van der Waals surface area contributed by atoms with Gasteiger partial charge in [-0.3, -0.25) is 0 Å². The Bertz CT molecular complexity index is 436. The molecule has 2 saturated heterocycles. The van der Waals surface area contributed by atoms with Crippen molar-refractivity contribution in [1.82, 2.24) is 4.98 Å². The maximum atomic E-state index is 9.89. The summed E-state index contributed by atoms with van der Waals surface area (Å²) < 4.78 is 5.88. The molecule has 2 atom stereocenters. The van der Waals surface area contributed by atoms with Crippen LogP contribution in [-0.4, -0.2) is 34.4 Å². The summed E-state index contributed by atoms with van der Waals surface area (Å²) in [5.74, 6) is 1.82. The summed E-state index contributed by atoms with van der Waals surface area (Å²) in [6.07, 6.45) is 5.84. The number of fused-ring (bicyclic) bond motifs is 2. The molecule has 0 radical (unpaired) electrons. The van der Waals surface area contributed by atoms with E-state index < -0.39 is 0 Å². The van der Waals surface area contributed by atoms with Gasteiger partial charge in [0.05, 0.1) is 12.2 Å². The number of hydrogen-bond donors (Lipinski definition) is 1. The first kappa shape index (κ1) is 12.7. The van der Waals surface area contributed by atoms with Crippen molar-refractivity contribution < 1.29 is 9.84 Å². The number of aromatic nitrogens is 1. The molecule has 0 amide bonds. The van der Waals surface area contributed by atoms with Crippen LogP contribution in [0.5, 0.6) is 5.75 Å². The topological polar surface area (TPSA) is 45.6 Å². The molecule has 4 heteroatoms. The van der Waals surface area contributed by atoms with E-state index >= 15 is 0 Å². The third kappa shape index (κ3) is 2.41. The van der Waals surface area contributed by atoms with Gasteiger partial charge in [0.15, 0.2) is 11.6 Å². The van der Waals surface area contributed by atoms with E-state index in [-0.39, 0.29) is 12.2 Å².